The van der Waals surface area contributed by atoms with Crippen LogP contribution in [0.25, 0.3) is 22.4 Å². The predicted molar refractivity (Wildman–Crippen MR) is 180 cm³/mol. The van der Waals surface area contributed by atoms with Gasteiger partial charge in [-0.05, 0) is 42.7 Å². The number of β-amino-alcohol motifs (C(OH)–C–C–N with tert-alkyl or cyclic N) is 1. The summed E-state index contributed by atoms with van der Waals surface area (Å²) >= 11 is 0. The summed E-state index contributed by atoms with van der Waals surface area (Å²) in [5.41, 5.74) is 8.17. The Kier molecular flexibility index (Phi) is 9.42. The molecule has 4 aromatic rings. The van der Waals surface area contributed by atoms with Crippen LogP contribution in [0.5, 0.6) is 0 Å². The maximum atomic E-state index is 13.6. The first-order chi connectivity index (χ1) is 23.1. The lowest BCUT2D eigenvalue weighted by Crippen LogP contribution is -2.42. The molecule has 49 heavy (non-hydrogen) atoms. The predicted octanol–water partition coefficient (Wildman–Crippen LogP) is 2.16. The summed E-state index contributed by atoms with van der Waals surface area (Å²) in [5.74, 6) is 0.763. The molecule has 2 aliphatic heterocycles. The molecule has 0 amide bonds. The number of sulfonamides is 1. The number of imidazole rings is 1. The first kappa shape index (κ1) is 35.1. The highest BCUT2D eigenvalue weighted by molar-refractivity contribution is 7.88. The number of hydrogen-bond acceptors (Lipinski definition) is 9. The highest BCUT2D eigenvalue weighted by Crippen LogP contribution is 2.37. The van der Waals surface area contributed by atoms with Gasteiger partial charge in [-0.15, -0.1) is 0 Å². The largest absolute Gasteiger partial charge is 0.416 e. The Bertz CT molecular complexity index is 2030. The third kappa shape index (κ3) is 6.86. The summed E-state index contributed by atoms with van der Waals surface area (Å²) in [7, 11) is 2.01. The van der Waals surface area contributed by atoms with E-state index < -0.39 is 27.9 Å². The number of aryl methyl sites for hydroxylation is 1. The van der Waals surface area contributed by atoms with Crippen molar-refractivity contribution in [2.75, 3.05) is 51.4 Å². The number of anilines is 1. The SMILES string of the molecule is CN(C)c1ccc2c(n1)n(C1CCN(CC(O)Cn3nc(-c4ccc(C(F)(F)F)c(CN)c4)c4c3CCN(S(C)(=O)=O)C4)CC1)c(=O)n2C. The number of fused-ring (bicyclic) bond motifs is 2. The Morgan fingerprint density at radius 1 is 1.10 bits per heavy atom. The quantitative estimate of drug-likeness (QED) is 0.268. The maximum Gasteiger partial charge on any atom is 0.416 e. The fraction of sp³-hybridized carbons (Fsp3) is 0.531. The Morgan fingerprint density at radius 3 is 2.45 bits per heavy atom. The van der Waals surface area contributed by atoms with Gasteiger partial charge in [-0.1, -0.05) is 6.07 Å². The molecule has 3 N–H and O–H groups in total. The zero-order valence-electron chi connectivity index (χ0n) is 28.0. The van der Waals surface area contributed by atoms with Crippen LogP contribution in [0.4, 0.5) is 19.0 Å². The maximum absolute atomic E-state index is 13.6. The van der Waals surface area contributed by atoms with Crippen LogP contribution in [0.3, 0.4) is 0 Å². The third-order valence-electron chi connectivity index (χ3n) is 9.63. The van der Waals surface area contributed by atoms with Gasteiger partial charge in [0.05, 0.1) is 35.7 Å². The van der Waals surface area contributed by atoms with E-state index in [1.807, 2.05) is 31.1 Å². The van der Waals surface area contributed by atoms with Gasteiger partial charge in [0.25, 0.3) is 0 Å². The number of nitrogens with two attached hydrogens (primary N) is 1. The number of rotatable bonds is 9. The van der Waals surface area contributed by atoms with Crippen LogP contribution in [0, 0.1) is 0 Å². The zero-order chi connectivity index (χ0) is 35.4. The Labute approximate surface area is 282 Å². The van der Waals surface area contributed by atoms with Gasteiger partial charge in [-0.2, -0.15) is 22.6 Å². The number of piperidine rings is 1. The monoisotopic (exact) mass is 705 g/mol. The minimum absolute atomic E-state index is 0.0184. The van der Waals surface area contributed by atoms with Crippen molar-refractivity contribution in [2.45, 2.75) is 57.2 Å². The molecule has 2 aliphatic rings. The average molecular weight is 706 g/mol. The van der Waals surface area contributed by atoms with Crippen molar-refractivity contribution in [3.05, 3.63) is 63.2 Å². The molecule has 1 fully saturated rings. The lowest BCUT2D eigenvalue weighted by Gasteiger charge is -2.33. The topological polar surface area (TPSA) is 148 Å². The molecule has 266 valence electrons. The summed E-state index contributed by atoms with van der Waals surface area (Å²) < 4.78 is 72.0. The Balaban J connectivity index is 1.20. The molecule has 0 bridgehead atoms. The number of aliphatic hydroxyl groups is 1. The van der Waals surface area contributed by atoms with Crippen LogP contribution in [0.1, 0.15) is 41.3 Å². The summed E-state index contributed by atoms with van der Waals surface area (Å²) in [6.07, 6.45) is -2.57. The second kappa shape index (κ2) is 13.2. The number of hydrogen-bond donors (Lipinski definition) is 2. The first-order valence-electron chi connectivity index (χ1n) is 16.2. The number of pyridine rings is 1. The van der Waals surface area contributed by atoms with Gasteiger partial charge < -0.3 is 20.6 Å². The van der Waals surface area contributed by atoms with Crippen molar-refractivity contribution >= 4 is 27.0 Å². The van der Waals surface area contributed by atoms with E-state index in [0.717, 1.165) is 29.4 Å². The van der Waals surface area contributed by atoms with Crippen LogP contribution >= 0.6 is 0 Å². The highest BCUT2D eigenvalue weighted by Gasteiger charge is 2.35. The van der Waals surface area contributed by atoms with Gasteiger partial charge in [0.15, 0.2) is 5.65 Å². The Morgan fingerprint density at radius 2 is 1.82 bits per heavy atom. The number of nitrogens with zero attached hydrogens (tertiary/aromatic N) is 8. The minimum atomic E-state index is -4.57. The van der Waals surface area contributed by atoms with E-state index in [9.17, 15) is 31.5 Å². The molecule has 1 saturated heterocycles. The standard InChI is InChI=1S/C32H42F3N9O4S/c1-39(2)28-8-7-27-30(37-28)44(31(46)40(27)3)22-9-12-41(13-10-22)17-23(45)18-43-26-11-14-42(49(4,47)48)19-24(26)29(38-43)20-5-6-25(32(33,34)35)21(15-20)16-36/h5-8,15,22-23,45H,9-14,16-19,36H2,1-4H3. The summed E-state index contributed by atoms with van der Waals surface area (Å²) in [5, 5.41) is 16.0. The Hall–Kier alpha value is -3.77. The van der Waals surface area contributed by atoms with Crippen molar-refractivity contribution < 1.29 is 26.7 Å². The second-order valence-electron chi connectivity index (χ2n) is 13.2. The minimum Gasteiger partial charge on any atom is -0.390 e. The fourth-order valence-electron chi connectivity index (χ4n) is 7.04. The molecule has 6 rings (SSSR count). The molecule has 0 saturated carbocycles. The van der Waals surface area contributed by atoms with Crippen LogP contribution in [0.15, 0.2) is 35.1 Å². The van der Waals surface area contributed by atoms with E-state index in [0.29, 0.717) is 61.4 Å². The van der Waals surface area contributed by atoms with Gasteiger partial charge in [0.1, 0.15) is 5.82 Å². The van der Waals surface area contributed by atoms with Crippen molar-refractivity contribution in [1.29, 1.82) is 0 Å². The number of benzene rings is 1. The van der Waals surface area contributed by atoms with Gasteiger partial charge in [0.2, 0.25) is 10.0 Å². The normalized spacial score (nSPS) is 17.5. The molecule has 1 unspecified atom stereocenters. The van der Waals surface area contributed by atoms with Crippen molar-refractivity contribution in [2.24, 2.45) is 12.8 Å². The van der Waals surface area contributed by atoms with Crippen LogP contribution in [0.2, 0.25) is 0 Å². The zero-order valence-corrected chi connectivity index (χ0v) is 28.8. The van der Waals surface area contributed by atoms with E-state index in [1.165, 1.54) is 16.4 Å². The van der Waals surface area contributed by atoms with Crippen LogP contribution in [-0.4, -0.2) is 99.3 Å². The van der Waals surface area contributed by atoms with E-state index >= 15 is 0 Å². The van der Waals surface area contributed by atoms with Crippen molar-refractivity contribution in [3.8, 4) is 11.3 Å². The third-order valence-corrected chi connectivity index (χ3v) is 10.9. The van der Waals surface area contributed by atoms with Crippen molar-refractivity contribution in [3.63, 3.8) is 0 Å². The number of aromatic nitrogens is 5. The molecule has 3 aromatic heterocycles. The molecule has 1 atom stereocenters. The molecular weight excluding hydrogens is 663 g/mol. The lowest BCUT2D eigenvalue weighted by atomic mass is 9.97. The average Bonchev–Trinajstić information content (AvgIpc) is 3.53. The number of alkyl halides is 3. The highest BCUT2D eigenvalue weighted by atomic mass is 32.2. The molecule has 0 aliphatic carbocycles. The number of likely N-dealkylation sites (tertiary alicyclic amines) is 1. The molecular formula is C32H42F3N9O4S. The van der Waals surface area contributed by atoms with Gasteiger partial charge in [-0.25, -0.2) is 18.2 Å². The van der Waals surface area contributed by atoms with E-state index in [4.69, 9.17) is 15.8 Å². The van der Waals surface area contributed by atoms with Gasteiger partial charge >= 0.3 is 11.9 Å². The number of halogens is 3. The smallest absolute Gasteiger partial charge is 0.390 e. The van der Waals surface area contributed by atoms with E-state index in [2.05, 4.69) is 4.90 Å². The summed E-state index contributed by atoms with van der Waals surface area (Å²) in [6, 6.07) is 7.41. The van der Waals surface area contributed by atoms with E-state index in [-0.39, 0.29) is 43.5 Å². The molecule has 1 aromatic carbocycles. The molecule has 13 nitrogen and oxygen atoms in total. The lowest BCUT2D eigenvalue weighted by molar-refractivity contribution is -0.138. The molecule has 0 radical (unpaired) electrons. The fourth-order valence-corrected chi connectivity index (χ4v) is 7.82. The van der Waals surface area contributed by atoms with Crippen molar-refractivity contribution in [1.82, 2.24) is 33.1 Å². The first-order valence-corrected chi connectivity index (χ1v) is 18.0. The molecule has 17 heteroatoms. The van der Waals surface area contributed by atoms with E-state index in [1.54, 1.807) is 20.9 Å². The number of aliphatic hydroxyl groups excluding tert-OH is 1. The van der Waals surface area contributed by atoms with Crippen LogP contribution < -0.4 is 16.3 Å². The molecule has 0 spiro atoms. The van der Waals surface area contributed by atoms with Gasteiger partial charge in [-0.3, -0.25) is 13.8 Å². The summed E-state index contributed by atoms with van der Waals surface area (Å²) in [4.78, 5) is 22.0. The van der Waals surface area contributed by atoms with Crippen LogP contribution in [-0.2, 0) is 49.3 Å². The van der Waals surface area contributed by atoms with Gasteiger partial charge in [0, 0.05) is 89.7 Å². The molecule has 5 heterocycles. The summed E-state index contributed by atoms with van der Waals surface area (Å²) in [6.45, 7) is 1.67. The second-order valence-corrected chi connectivity index (χ2v) is 15.2.